The zero-order chi connectivity index (χ0) is 20.6. The average Bonchev–Trinajstić information content (AvgIpc) is 3.37. The molecule has 29 heavy (non-hydrogen) atoms. The fourth-order valence-corrected chi connectivity index (χ4v) is 3.69. The molecule has 0 saturated heterocycles. The molecule has 0 radical (unpaired) electrons. The Morgan fingerprint density at radius 2 is 2.14 bits per heavy atom. The summed E-state index contributed by atoms with van der Waals surface area (Å²) in [5.41, 5.74) is 2.19. The number of aryl methyl sites for hydroxylation is 1. The molecule has 0 amide bonds. The van der Waals surface area contributed by atoms with Crippen LogP contribution in [0.4, 0.5) is 0 Å². The normalized spacial score (nSPS) is 14.8. The summed E-state index contributed by atoms with van der Waals surface area (Å²) in [5, 5.41) is 7.62. The molecule has 1 N–H and O–H groups in total. The van der Waals surface area contributed by atoms with Gasteiger partial charge in [0.15, 0.2) is 17.5 Å². The van der Waals surface area contributed by atoms with E-state index in [-0.39, 0.29) is 6.10 Å². The third kappa shape index (κ3) is 5.65. The van der Waals surface area contributed by atoms with Crippen molar-refractivity contribution in [3.8, 4) is 11.5 Å². The number of hydrogen-bond acceptors (Lipinski definition) is 4. The average molecular weight is 400 g/mol. The van der Waals surface area contributed by atoms with E-state index in [9.17, 15) is 0 Å². The maximum Gasteiger partial charge on any atom is 0.194 e. The number of ether oxygens (including phenoxy) is 2. The van der Waals surface area contributed by atoms with Crippen LogP contribution in [0.15, 0.2) is 35.6 Å². The molecule has 0 bridgehead atoms. The van der Waals surface area contributed by atoms with E-state index >= 15 is 0 Å². The lowest BCUT2D eigenvalue weighted by Crippen LogP contribution is -2.38. The Balaban J connectivity index is 1.77. The molecule has 1 heterocycles. The second-order valence-corrected chi connectivity index (χ2v) is 7.52. The number of benzene rings is 1. The van der Waals surface area contributed by atoms with Crippen molar-refractivity contribution in [2.24, 2.45) is 12.0 Å². The number of hydrogen-bond donors (Lipinski definition) is 1. The van der Waals surface area contributed by atoms with E-state index < -0.39 is 0 Å². The molecule has 1 aliphatic rings. The molecule has 0 spiro atoms. The second kappa shape index (κ2) is 10.2. The van der Waals surface area contributed by atoms with Crippen LogP contribution in [-0.2, 0) is 20.1 Å². The lowest BCUT2D eigenvalue weighted by atomic mass is 10.1. The van der Waals surface area contributed by atoms with Gasteiger partial charge in [-0.25, -0.2) is 4.99 Å². The molecule has 3 rings (SSSR count). The number of guanidine groups is 1. The summed E-state index contributed by atoms with van der Waals surface area (Å²) in [7, 11) is 5.66. The van der Waals surface area contributed by atoms with Gasteiger partial charge in [-0.05, 0) is 38.7 Å². The largest absolute Gasteiger partial charge is 0.493 e. The number of nitrogens with zero attached hydrogens (tertiary/aromatic N) is 4. The summed E-state index contributed by atoms with van der Waals surface area (Å²) in [4.78, 5) is 6.98. The highest BCUT2D eigenvalue weighted by atomic mass is 16.5. The van der Waals surface area contributed by atoms with E-state index in [4.69, 9.17) is 14.5 Å². The van der Waals surface area contributed by atoms with E-state index in [0.717, 1.165) is 54.5 Å². The molecule has 158 valence electrons. The van der Waals surface area contributed by atoms with Crippen LogP contribution < -0.4 is 14.8 Å². The number of para-hydroxylation sites is 1. The first-order valence-electron chi connectivity index (χ1n) is 10.4. The smallest absolute Gasteiger partial charge is 0.194 e. The van der Waals surface area contributed by atoms with Gasteiger partial charge in [0.05, 0.1) is 26.0 Å². The summed E-state index contributed by atoms with van der Waals surface area (Å²) in [5.74, 6) is 2.46. The van der Waals surface area contributed by atoms with Crippen LogP contribution in [0.5, 0.6) is 11.5 Å². The van der Waals surface area contributed by atoms with Crippen molar-refractivity contribution in [1.29, 1.82) is 0 Å². The lowest BCUT2D eigenvalue weighted by molar-refractivity contribution is 0.198. The Labute approximate surface area is 173 Å². The fraction of sp³-hybridized carbons (Fsp3) is 0.545. The molecule has 1 aromatic heterocycles. The first-order valence-corrected chi connectivity index (χ1v) is 10.4. The maximum absolute atomic E-state index is 6.34. The fourth-order valence-electron chi connectivity index (χ4n) is 3.69. The number of aromatic nitrogens is 2. The first-order chi connectivity index (χ1) is 14.1. The van der Waals surface area contributed by atoms with E-state index in [1.807, 2.05) is 43.3 Å². The molecule has 7 heteroatoms. The summed E-state index contributed by atoms with van der Waals surface area (Å²) in [6, 6.07) is 6.02. The van der Waals surface area contributed by atoms with Crippen LogP contribution in [0.3, 0.4) is 0 Å². The minimum atomic E-state index is 0.274. The van der Waals surface area contributed by atoms with Crippen molar-refractivity contribution in [2.75, 3.05) is 20.7 Å². The van der Waals surface area contributed by atoms with Gasteiger partial charge in [0.1, 0.15) is 0 Å². The number of methoxy groups -OCH3 is 1. The predicted octanol–water partition coefficient (Wildman–Crippen LogP) is 3.35. The summed E-state index contributed by atoms with van der Waals surface area (Å²) >= 11 is 0. The third-order valence-corrected chi connectivity index (χ3v) is 5.14. The van der Waals surface area contributed by atoms with Crippen LogP contribution >= 0.6 is 0 Å². The SMILES string of the molecule is CCNC(=NCc1cccc(OC)c1OC1CCCC1)N(C)Cc1cnn(C)c1. The Kier molecular flexibility index (Phi) is 7.38. The van der Waals surface area contributed by atoms with Crippen molar-refractivity contribution < 1.29 is 9.47 Å². The Morgan fingerprint density at radius 3 is 2.79 bits per heavy atom. The van der Waals surface area contributed by atoms with Gasteiger partial charge >= 0.3 is 0 Å². The Hall–Kier alpha value is -2.70. The highest BCUT2D eigenvalue weighted by Crippen LogP contribution is 2.35. The molecular weight excluding hydrogens is 366 g/mol. The number of rotatable bonds is 8. The molecule has 1 fully saturated rings. The Bertz CT molecular complexity index is 811. The highest BCUT2D eigenvalue weighted by Gasteiger charge is 2.20. The van der Waals surface area contributed by atoms with Gasteiger partial charge in [-0.1, -0.05) is 12.1 Å². The minimum Gasteiger partial charge on any atom is -0.493 e. The minimum absolute atomic E-state index is 0.274. The first kappa shape index (κ1) is 21.0. The van der Waals surface area contributed by atoms with Gasteiger partial charge in [-0.3, -0.25) is 4.68 Å². The third-order valence-electron chi connectivity index (χ3n) is 5.14. The summed E-state index contributed by atoms with van der Waals surface area (Å²) < 4.78 is 13.7. The monoisotopic (exact) mass is 399 g/mol. The standard InChI is InChI=1S/C22H33N5O2/c1-5-23-22(26(2)15-17-13-25-27(3)16-17)24-14-18-9-8-12-20(28-4)21(18)29-19-10-6-7-11-19/h8-9,12-13,16,19H,5-7,10-11,14-15H2,1-4H3,(H,23,24). The molecule has 1 aromatic carbocycles. The zero-order valence-electron chi connectivity index (χ0n) is 18.0. The van der Waals surface area contributed by atoms with E-state index in [0.29, 0.717) is 6.54 Å². The number of nitrogens with one attached hydrogen (secondary N) is 1. The van der Waals surface area contributed by atoms with Gasteiger partial charge in [0.2, 0.25) is 0 Å². The van der Waals surface area contributed by atoms with E-state index in [1.54, 1.807) is 7.11 Å². The summed E-state index contributed by atoms with van der Waals surface area (Å²) in [6.07, 6.45) is 8.86. The molecule has 2 aromatic rings. The molecule has 0 atom stereocenters. The molecule has 1 saturated carbocycles. The molecular formula is C22H33N5O2. The quantitative estimate of drug-likeness (QED) is 0.545. The van der Waals surface area contributed by atoms with Crippen LogP contribution in [-0.4, -0.2) is 47.4 Å². The predicted molar refractivity (Wildman–Crippen MR) is 115 cm³/mol. The maximum atomic E-state index is 6.34. The van der Waals surface area contributed by atoms with E-state index in [1.165, 1.54) is 12.8 Å². The van der Waals surface area contributed by atoms with Gasteiger partial charge in [0.25, 0.3) is 0 Å². The zero-order valence-corrected chi connectivity index (χ0v) is 18.0. The van der Waals surface area contributed by atoms with Gasteiger partial charge < -0.3 is 19.7 Å². The van der Waals surface area contributed by atoms with Gasteiger partial charge in [0, 0.05) is 44.5 Å². The van der Waals surface area contributed by atoms with Crippen LogP contribution in [0.2, 0.25) is 0 Å². The number of aliphatic imine (C=N–C) groups is 1. The second-order valence-electron chi connectivity index (χ2n) is 7.52. The van der Waals surface area contributed by atoms with Crippen molar-refractivity contribution in [3.63, 3.8) is 0 Å². The summed E-state index contributed by atoms with van der Waals surface area (Å²) in [6.45, 7) is 4.15. The van der Waals surface area contributed by atoms with Crippen LogP contribution in [0.1, 0.15) is 43.7 Å². The molecule has 1 aliphatic carbocycles. The lowest BCUT2D eigenvalue weighted by Gasteiger charge is -2.22. The van der Waals surface area contributed by atoms with Crippen molar-refractivity contribution in [1.82, 2.24) is 20.0 Å². The highest BCUT2D eigenvalue weighted by molar-refractivity contribution is 5.79. The van der Waals surface area contributed by atoms with Crippen molar-refractivity contribution >= 4 is 5.96 Å². The molecule has 7 nitrogen and oxygen atoms in total. The Morgan fingerprint density at radius 1 is 1.34 bits per heavy atom. The van der Waals surface area contributed by atoms with Crippen LogP contribution in [0, 0.1) is 0 Å². The van der Waals surface area contributed by atoms with Crippen molar-refractivity contribution in [2.45, 2.75) is 51.8 Å². The van der Waals surface area contributed by atoms with Crippen molar-refractivity contribution in [3.05, 3.63) is 41.7 Å². The van der Waals surface area contributed by atoms with Gasteiger partial charge in [-0.15, -0.1) is 0 Å². The topological polar surface area (TPSA) is 63.9 Å². The van der Waals surface area contributed by atoms with E-state index in [2.05, 4.69) is 28.3 Å². The molecule has 0 unspecified atom stereocenters. The van der Waals surface area contributed by atoms with Gasteiger partial charge in [-0.2, -0.15) is 5.10 Å². The van der Waals surface area contributed by atoms with Crippen LogP contribution in [0.25, 0.3) is 0 Å². The molecule has 0 aliphatic heterocycles.